The molecule has 1 aromatic heterocycles. The van der Waals surface area contributed by atoms with Gasteiger partial charge in [0.2, 0.25) is 5.91 Å². The quantitative estimate of drug-likeness (QED) is 0.709. The van der Waals surface area contributed by atoms with Gasteiger partial charge in [-0.25, -0.2) is 0 Å². The zero-order chi connectivity index (χ0) is 18.0. The molecular formula is C22H24N2O. The van der Waals surface area contributed by atoms with Gasteiger partial charge < -0.3 is 5.32 Å². The molecule has 0 radical (unpaired) electrons. The van der Waals surface area contributed by atoms with Crippen molar-refractivity contribution >= 4 is 22.5 Å². The monoisotopic (exact) mass is 332 g/mol. The largest absolute Gasteiger partial charge is 0.324 e. The van der Waals surface area contributed by atoms with Gasteiger partial charge in [-0.2, -0.15) is 0 Å². The molecular weight excluding hydrogens is 308 g/mol. The molecule has 3 nitrogen and oxygen atoms in total. The third kappa shape index (κ3) is 3.71. The number of pyridine rings is 1. The number of nitrogens with one attached hydrogen (secondary N) is 1. The number of hydrogen-bond acceptors (Lipinski definition) is 2. The first kappa shape index (κ1) is 17.2. The average molecular weight is 332 g/mol. The van der Waals surface area contributed by atoms with E-state index in [9.17, 15) is 4.79 Å². The minimum Gasteiger partial charge on any atom is -0.324 e. The van der Waals surface area contributed by atoms with Gasteiger partial charge in [0.1, 0.15) is 0 Å². The smallest absolute Gasteiger partial charge is 0.231 e. The Labute approximate surface area is 149 Å². The minimum atomic E-state index is -0.229. The van der Waals surface area contributed by atoms with Gasteiger partial charge in [0.15, 0.2) is 0 Å². The van der Waals surface area contributed by atoms with Crippen molar-refractivity contribution in [1.29, 1.82) is 0 Å². The van der Waals surface area contributed by atoms with Gasteiger partial charge in [0, 0.05) is 11.6 Å². The summed E-state index contributed by atoms with van der Waals surface area (Å²) in [7, 11) is 0. The van der Waals surface area contributed by atoms with Crippen LogP contribution in [-0.2, 0) is 10.2 Å². The summed E-state index contributed by atoms with van der Waals surface area (Å²) in [6.07, 6.45) is 1.74. The Kier molecular flexibility index (Phi) is 4.58. The molecule has 0 spiro atoms. The summed E-state index contributed by atoms with van der Waals surface area (Å²) >= 11 is 0. The molecule has 25 heavy (non-hydrogen) atoms. The van der Waals surface area contributed by atoms with Crippen LogP contribution in [0.2, 0.25) is 0 Å². The van der Waals surface area contributed by atoms with Crippen molar-refractivity contribution in [2.75, 3.05) is 5.32 Å². The lowest BCUT2D eigenvalue weighted by atomic mass is 9.85. The van der Waals surface area contributed by atoms with Crippen LogP contribution in [0.5, 0.6) is 0 Å². The van der Waals surface area contributed by atoms with E-state index in [1.807, 2.05) is 49.4 Å². The minimum absolute atomic E-state index is 0.0262. The molecule has 1 unspecified atom stereocenters. The zero-order valence-corrected chi connectivity index (χ0v) is 15.2. The summed E-state index contributed by atoms with van der Waals surface area (Å²) in [4.78, 5) is 17.1. The Bertz CT molecular complexity index is 887. The second-order valence-corrected chi connectivity index (χ2v) is 7.46. The lowest BCUT2D eigenvalue weighted by Crippen LogP contribution is -2.19. The molecule has 2 aromatic carbocycles. The molecule has 0 aliphatic heterocycles. The first-order valence-corrected chi connectivity index (χ1v) is 8.61. The van der Waals surface area contributed by atoms with E-state index in [1.165, 1.54) is 5.56 Å². The number of nitrogens with zero attached hydrogens (tertiary/aromatic N) is 1. The lowest BCUT2D eigenvalue weighted by Gasteiger charge is -2.20. The molecule has 0 bridgehead atoms. The Morgan fingerprint density at radius 1 is 1.00 bits per heavy atom. The molecule has 0 fully saturated rings. The molecule has 3 rings (SSSR count). The van der Waals surface area contributed by atoms with Crippen LogP contribution < -0.4 is 5.32 Å². The number of aromatic nitrogens is 1. The predicted molar refractivity (Wildman–Crippen MR) is 104 cm³/mol. The Balaban J connectivity index is 1.81. The molecule has 0 aliphatic rings. The van der Waals surface area contributed by atoms with Crippen molar-refractivity contribution in [2.24, 2.45) is 0 Å². The summed E-state index contributed by atoms with van der Waals surface area (Å²) in [5, 5.41) is 4.04. The van der Waals surface area contributed by atoms with Crippen molar-refractivity contribution < 1.29 is 4.79 Å². The van der Waals surface area contributed by atoms with E-state index < -0.39 is 0 Å². The normalized spacial score (nSPS) is 12.8. The van der Waals surface area contributed by atoms with E-state index in [4.69, 9.17) is 0 Å². The first-order chi connectivity index (χ1) is 11.9. The molecule has 0 aliphatic carbocycles. The van der Waals surface area contributed by atoms with Crippen LogP contribution in [0, 0.1) is 0 Å². The number of benzene rings is 2. The summed E-state index contributed by atoms with van der Waals surface area (Å²) in [5.41, 5.74) is 3.95. The third-order valence-corrected chi connectivity index (χ3v) is 4.56. The first-order valence-electron chi connectivity index (χ1n) is 8.61. The predicted octanol–water partition coefficient (Wildman–Crippen LogP) is 5.27. The van der Waals surface area contributed by atoms with Crippen LogP contribution in [0.4, 0.5) is 5.69 Å². The van der Waals surface area contributed by atoms with Crippen LogP contribution in [0.1, 0.15) is 44.7 Å². The van der Waals surface area contributed by atoms with Crippen molar-refractivity contribution in [3.63, 3.8) is 0 Å². The van der Waals surface area contributed by atoms with Crippen LogP contribution >= 0.6 is 0 Å². The van der Waals surface area contributed by atoms with E-state index >= 15 is 0 Å². The van der Waals surface area contributed by atoms with Gasteiger partial charge in [-0.05, 0) is 35.6 Å². The second-order valence-electron chi connectivity index (χ2n) is 7.46. The topological polar surface area (TPSA) is 42.0 Å². The van der Waals surface area contributed by atoms with Gasteiger partial charge in [-0.1, -0.05) is 63.2 Å². The highest BCUT2D eigenvalue weighted by Gasteiger charge is 2.18. The maximum absolute atomic E-state index is 12.7. The molecule has 128 valence electrons. The average Bonchev–Trinajstić information content (AvgIpc) is 2.61. The van der Waals surface area contributed by atoms with Crippen molar-refractivity contribution in [1.82, 2.24) is 4.98 Å². The number of amides is 1. The van der Waals surface area contributed by atoms with Gasteiger partial charge in [-0.3, -0.25) is 9.78 Å². The number of anilines is 1. The number of carbonyl (C=O) groups excluding carboxylic acids is 1. The van der Waals surface area contributed by atoms with E-state index in [-0.39, 0.29) is 17.2 Å². The molecule has 1 heterocycles. The van der Waals surface area contributed by atoms with Crippen LogP contribution in [0.3, 0.4) is 0 Å². The fourth-order valence-electron chi connectivity index (χ4n) is 2.87. The number of hydrogen-bond donors (Lipinski definition) is 1. The van der Waals surface area contributed by atoms with Crippen molar-refractivity contribution in [3.05, 3.63) is 71.9 Å². The molecule has 0 saturated carbocycles. The van der Waals surface area contributed by atoms with Gasteiger partial charge in [-0.15, -0.1) is 0 Å². The Morgan fingerprint density at radius 3 is 2.36 bits per heavy atom. The Morgan fingerprint density at radius 2 is 1.68 bits per heavy atom. The summed E-state index contributed by atoms with van der Waals surface area (Å²) in [6, 6.07) is 18.0. The maximum atomic E-state index is 12.7. The highest BCUT2D eigenvalue weighted by molar-refractivity contribution is 6.02. The molecule has 3 aromatic rings. The summed E-state index contributed by atoms with van der Waals surface area (Å²) in [5.74, 6) is -0.255. The fourth-order valence-corrected chi connectivity index (χ4v) is 2.87. The molecule has 1 atom stereocenters. The summed E-state index contributed by atoms with van der Waals surface area (Å²) in [6.45, 7) is 8.49. The highest BCUT2D eigenvalue weighted by Crippen LogP contribution is 2.26. The molecule has 1 N–H and O–H groups in total. The number of para-hydroxylation sites is 1. The number of carbonyl (C=O) groups is 1. The fraction of sp³-hybridized carbons (Fsp3) is 0.273. The summed E-state index contributed by atoms with van der Waals surface area (Å²) < 4.78 is 0. The van der Waals surface area contributed by atoms with Crippen molar-refractivity contribution in [2.45, 2.75) is 39.0 Å². The molecule has 0 saturated heterocycles. The number of fused-ring (bicyclic) bond motifs is 1. The van der Waals surface area contributed by atoms with Crippen LogP contribution in [0.15, 0.2) is 60.8 Å². The SMILES string of the molecule is CC(C(=O)Nc1cccc2cccnc12)c1ccc(C(C)(C)C)cc1. The zero-order valence-electron chi connectivity index (χ0n) is 15.2. The molecule has 3 heteroatoms. The van der Waals surface area contributed by atoms with E-state index in [0.717, 1.165) is 22.2 Å². The van der Waals surface area contributed by atoms with E-state index in [1.54, 1.807) is 6.20 Å². The van der Waals surface area contributed by atoms with E-state index in [0.29, 0.717) is 0 Å². The van der Waals surface area contributed by atoms with Crippen LogP contribution in [-0.4, -0.2) is 10.9 Å². The van der Waals surface area contributed by atoms with Gasteiger partial charge in [0.25, 0.3) is 0 Å². The maximum Gasteiger partial charge on any atom is 0.231 e. The molecule has 1 amide bonds. The second kappa shape index (κ2) is 6.67. The standard InChI is InChI=1S/C22H24N2O/c1-15(16-10-12-18(13-11-16)22(2,3)4)21(25)24-19-9-5-7-17-8-6-14-23-20(17)19/h5-15H,1-4H3,(H,24,25). The third-order valence-electron chi connectivity index (χ3n) is 4.56. The lowest BCUT2D eigenvalue weighted by molar-refractivity contribution is -0.117. The highest BCUT2D eigenvalue weighted by atomic mass is 16.1. The van der Waals surface area contributed by atoms with Gasteiger partial charge >= 0.3 is 0 Å². The van der Waals surface area contributed by atoms with Gasteiger partial charge in [0.05, 0.1) is 17.1 Å². The Hall–Kier alpha value is -2.68. The van der Waals surface area contributed by atoms with Crippen molar-refractivity contribution in [3.8, 4) is 0 Å². The number of rotatable bonds is 3. The van der Waals surface area contributed by atoms with Crippen LogP contribution in [0.25, 0.3) is 10.9 Å². The van der Waals surface area contributed by atoms with E-state index in [2.05, 4.69) is 43.2 Å².